The molecule has 1 saturated heterocycles. The second-order valence-corrected chi connectivity index (χ2v) is 9.19. The van der Waals surface area contributed by atoms with Gasteiger partial charge >= 0.3 is 0 Å². The zero-order chi connectivity index (χ0) is 23.8. The van der Waals surface area contributed by atoms with Crippen molar-refractivity contribution >= 4 is 39.8 Å². The van der Waals surface area contributed by atoms with Gasteiger partial charge in [-0.1, -0.05) is 25.4 Å². The second-order valence-electron chi connectivity index (χ2n) is 8.76. The first-order valence-electron chi connectivity index (χ1n) is 11.3. The molecule has 0 radical (unpaired) electrons. The van der Waals surface area contributed by atoms with E-state index in [1.54, 1.807) is 12.3 Å². The van der Waals surface area contributed by atoms with Gasteiger partial charge in [-0.2, -0.15) is 0 Å². The summed E-state index contributed by atoms with van der Waals surface area (Å²) in [5.74, 6) is 0.551. The van der Waals surface area contributed by atoms with Gasteiger partial charge in [0.2, 0.25) is 0 Å². The van der Waals surface area contributed by atoms with Crippen LogP contribution in [0.5, 0.6) is 0 Å². The first-order chi connectivity index (χ1) is 16.4. The van der Waals surface area contributed by atoms with Crippen LogP contribution >= 0.6 is 11.6 Å². The maximum atomic E-state index is 14.6. The third-order valence-electron chi connectivity index (χ3n) is 6.11. The molecule has 0 spiro atoms. The number of hydrogen-bond donors (Lipinski definition) is 4. The third-order valence-corrected chi connectivity index (χ3v) is 6.35. The second kappa shape index (κ2) is 9.12. The summed E-state index contributed by atoms with van der Waals surface area (Å²) in [6, 6.07) is 9.88. The van der Waals surface area contributed by atoms with E-state index in [4.69, 9.17) is 11.6 Å². The topological polar surface area (TPSA) is 88.8 Å². The monoisotopic (exact) mass is 480 g/mol. The number of aromatic nitrogens is 3. The molecule has 4 N–H and O–H groups in total. The Kier molecular flexibility index (Phi) is 6.02. The maximum Gasteiger partial charge on any atom is 0.256 e. The molecule has 1 aliphatic heterocycles. The van der Waals surface area contributed by atoms with E-state index in [1.807, 2.05) is 19.9 Å². The van der Waals surface area contributed by atoms with Crippen LogP contribution < -0.4 is 21.1 Å². The number of halogens is 2. The first kappa shape index (κ1) is 22.4. The fourth-order valence-corrected chi connectivity index (χ4v) is 4.52. The number of pyridine rings is 2. The molecule has 1 aromatic carbocycles. The average Bonchev–Trinajstić information content (AvgIpc) is 3.27. The number of nitrogens with one attached hydrogen (secondary N) is 4. The molecule has 1 fully saturated rings. The van der Waals surface area contributed by atoms with E-state index in [0.29, 0.717) is 10.7 Å². The van der Waals surface area contributed by atoms with Gasteiger partial charge in [0.1, 0.15) is 17.3 Å². The number of anilines is 3. The van der Waals surface area contributed by atoms with Gasteiger partial charge in [-0.05, 0) is 42.3 Å². The SMILES string of the molecule is CC(C)c1[nH]c(=O)c(-c2cc(Cl)ccc2F)cc1Nc1ccnc2[nH]c(N3CCNCC3)cc12. The fraction of sp³-hybridized carbons (Fsp3) is 0.280. The summed E-state index contributed by atoms with van der Waals surface area (Å²) in [7, 11) is 0. The van der Waals surface area contributed by atoms with Gasteiger partial charge in [0.05, 0.1) is 16.9 Å². The third kappa shape index (κ3) is 4.26. The van der Waals surface area contributed by atoms with Crippen LogP contribution in [-0.4, -0.2) is 41.1 Å². The molecule has 34 heavy (non-hydrogen) atoms. The van der Waals surface area contributed by atoms with Crippen molar-refractivity contribution in [2.45, 2.75) is 19.8 Å². The minimum atomic E-state index is -0.504. The Morgan fingerprint density at radius 3 is 2.62 bits per heavy atom. The minimum absolute atomic E-state index is 0.0356. The van der Waals surface area contributed by atoms with Crippen LogP contribution in [0.4, 0.5) is 21.6 Å². The van der Waals surface area contributed by atoms with Gasteiger partial charge in [0.15, 0.2) is 0 Å². The Labute approximate surface area is 201 Å². The highest BCUT2D eigenvalue weighted by molar-refractivity contribution is 6.30. The van der Waals surface area contributed by atoms with Crippen molar-refractivity contribution in [1.29, 1.82) is 0 Å². The average molecular weight is 481 g/mol. The predicted molar refractivity (Wildman–Crippen MR) is 136 cm³/mol. The van der Waals surface area contributed by atoms with Crippen LogP contribution in [0.3, 0.4) is 0 Å². The molecule has 9 heteroatoms. The van der Waals surface area contributed by atoms with Crippen LogP contribution in [0, 0.1) is 5.82 Å². The Morgan fingerprint density at radius 1 is 1.06 bits per heavy atom. The van der Waals surface area contributed by atoms with Gasteiger partial charge in [-0.25, -0.2) is 9.37 Å². The number of fused-ring (bicyclic) bond motifs is 1. The van der Waals surface area contributed by atoms with Crippen molar-refractivity contribution in [1.82, 2.24) is 20.3 Å². The zero-order valence-corrected chi connectivity index (χ0v) is 19.8. The Hall–Kier alpha value is -3.36. The van der Waals surface area contributed by atoms with Gasteiger partial charge < -0.3 is 25.5 Å². The summed E-state index contributed by atoms with van der Waals surface area (Å²) in [4.78, 5) is 26.0. The van der Waals surface area contributed by atoms with Crippen molar-refractivity contribution in [3.8, 4) is 11.1 Å². The number of piperazine rings is 1. The molecule has 5 rings (SSSR count). The molecule has 176 valence electrons. The van der Waals surface area contributed by atoms with Gasteiger partial charge in [0, 0.05) is 54.0 Å². The van der Waals surface area contributed by atoms with E-state index in [9.17, 15) is 9.18 Å². The summed E-state index contributed by atoms with van der Waals surface area (Å²) in [5, 5.41) is 8.13. The van der Waals surface area contributed by atoms with Crippen LogP contribution in [0.1, 0.15) is 25.5 Å². The summed E-state index contributed by atoms with van der Waals surface area (Å²) < 4.78 is 14.6. The predicted octanol–water partition coefficient (Wildman–Crippen LogP) is 4.99. The van der Waals surface area contributed by atoms with Crippen molar-refractivity contribution in [2.75, 3.05) is 36.4 Å². The Morgan fingerprint density at radius 2 is 1.85 bits per heavy atom. The van der Waals surface area contributed by atoms with Gasteiger partial charge in [-0.15, -0.1) is 0 Å². The highest BCUT2D eigenvalue weighted by Crippen LogP contribution is 2.33. The normalized spacial score (nSPS) is 14.2. The molecule has 0 bridgehead atoms. The highest BCUT2D eigenvalue weighted by atomic mass is 35.5. The van der Waals surface area contributed by atoms with Crippen molar-refractivity contribution < 1.29 is 4.39 Å². The summed E-state index contributed by atoms with van der Waals surface area (Å²) >= 11 is 6.09. The smallest absolute Gasteiger partial charge is 0.256 e. The van der Waals surface area contributed by atoms with Gasteiger partial charge in [0.25, 0.3) is 5.56 Å². The lowest BCUT2D eigenvalue weighted by Gasteiger charge is -2.27. The molecule has 0 unspecified atom stereocenters. The number of nitrogens with zero attached hydrogens (tertiary/aromatic N) is 2. The van der Waals surface area contributed by atoms with E-state index in [1.165, 1.54) is 18.2 Å². The van der Waals surface area contributed by atoms with E-state index in [0.717, 1.165) is 54.4 Å². The standard InChI is InChI=1S/C25H26ClFN6O/c1-14(2)23-21(12-17(25(34)32-23)16-11-15(26)3-4-19(16)27)30-20-5-6-29-24-18(20)13-22(31-24)33-9-7-28-8-10-33/h3-6,11-14,28H,7-10H2,1-2H3,(H,32,34)(H2,29,30,31). The number of aromatic amines is 2. The molecular weight excluding hydrogens is 455 g/mol. The first-order valence-corrected chi connectivity index (χ1v) is 11.7. The lowest BCUT2D eigenvalue weighted by atomic mass is 10.0. The van der Waals surface area contributed by atoms with Crippen LogP contribution in [0.15, 0.2) is 47.4 Å². The zero-order valence-electron chi connectivity index (χ0n) is 19.0. The lowest BCUT2D eigenvalue weighted by Crippen LogP contribution is -2.43. The Bertz CT molecular complexity index is 1410. The molecule has 7 nitrogen and oxygen atoms in total. The quantitative estimate of drug-likeness (QED) is 0.323. The molecule has 3 aromatic heterocycles. The highest BCUT2D eigenvalue weighted by Gasteiger charge is 2.18. The largest absolute Gasteiger partial charge is 0.356 e. The molecule has 4 heterocycles. The van der Waals surface area contributed by atoms with E-state index >= 15 is 0 Å². The fourth-order valence-electron chi connectivity index (χ4n) is 4.35. The lowest BCUT2D eigenvalue weighted by molar-refractivity contribution is 0.586. The summed E-state index contributed by atoms with van der Waals surface area (Å²) in [6.45, 7) is 7.70. The molecule has 0 aliphatic carbocycles. The molecular formula is C25H26ClFN6O. The maximum absolute atomic E-state index is 14.6. The minimum Gasteiger partial charge on any atom is -0.356 e. The molecule has 4 aromatic rings. The van der Waals surface area contributed by atoms with E-state index in [2.05, 4.69) is 36.6 Å². The molecule has 0 saturated carbocycles. The number of hydrogen-bond acceptors (Lipinski definition) is 5. The van der Waals surface area contributed by atoms with Gasteiger partial charge in [-0.3, -0.25) is 4.79 Å². The number of rotatable bonds is 5. The van der Waals surface area contributed by atoms with Crippen molar-refractivity contribution in [3.05, 3.63) is 69.5 Å². The van der Waals surface area contributed by atoms with E-state index in [-0.39, 0.29) is 22.6 Å². The van der Waals surface area contributed by atoms with Crippen molar-refractivity contribution in [3.63, 3.8) is 0 Å². The molecule has 1 aliphatic rings. The Balaban J connectivity index is 1.59. The van der Waals surface area contributed by atoms with Crippen LogP contribution in [-0.2, 0) is 0 Å². The van der Waals surface area contributed by atoms with E-state index < -0.39 is 5.82 Å². The molecule has 0 amide bonds. The molecule has 0 atom stereocenters. The van der Waals surface area contributed by atoms with Crippen LogP contribution in [0.2, 0.25) is 5.02 Å². The van der Waals surface area contributed by atoms with Crippen LogP contribution in [0.25, 0.3) is 22.2 Å². The number of H-pyrrole nitrogens is 2. The number of benzene rings is 1. The summed E-state index contributed by atoms with van der Waals surface area (Å²) in [5.41, 5.74) is 3.06. The summed E-state index contributed by atoms with van der Waals surface area (Å²) in [6.07, 6.45) is 1.74. The van der Waals surface area contributed by atoms with Crippen molar-refractivity contribution in [2.24, 2.45) is 0 Å².